The number of amides is 2. The van der Waals surface area contributed by atoms with Crippen LogP contribution in [0.15, 0.2) is 40.2 Å². The van der Waals surface area contributed by atoms with Crippen molar-refractivity contribution in [2.75, 3.05) is 35.7 Å². The molecule has 3 N–H and O–H groups in total. The van der Waals surface area contributed by atoms with Gasteiger partial charge in [0.05, 0.1) is 23.0 Å². The average molecular weight is 535 g/mol. The lowest BCUT2D eigenvalue weighted by Crippen LogP contribution is -2.40. The van der Waals surface area contributed by atoms with Crippen LogP contribution in [0.5, 0.6) is 0 Å². The Balaban J connectivity index is 1.34. The molecular weight excluding hydrogens is 500 g/mol. The molecule has 1 saturated heterocycles. The second-order valence-corrected chi connectivity index (χ2v) is 11.0. The van der Waals surface area contributed by atoms with Gasteiger partial charge in [-0.2, -0.15) is 10.1 Å². The minimum Gasteiger partial charge on any atom is -0.365 e. The van der Waals surface area contributed by atoms with Crippen molar-refractivity contribution in [2.24, 2.45) is 0 Å². The van der Waals surface area contributed by atoms with Crippen molar-refractivity contribution in [3.05, 3.63) is 41.3 Å². The second kappa shape index (κ2) is 10.0. The molecule has 13 nitrogen and oxygen atoms in total. The minimum atomic E-state index is -0.348. The highest BCUT2D eigenvalue weighted by Crippen LogP contribution is 2.29. The topological polar surface area (TPSA) is 148 Å². The van der Waals surface area contributed by atoms with Gasteiger partial charge in [0, 0.05) is 50.0 Å². The van der Waals surface area contributed by atoms with Crippen LogP contribution in [0.1, 0.15) is 47.1 Å². The lowest BCUT2D eigenvalue weighted by Gasteiger charge is -2.22. The van der Waals surface area contributed by atoms with Gasteiger partial charge in [0.2, 0.25) is 5.95 Å². The third kappa shape index (κ3) is 5.16. The number of anilines is 3. The maximum atomic E-state index is 13.5. The van der Waals surface area contributed by atoms with Crippen LogP contribution >= 0.6 is 0 Å². The first-order chi connectivity index (χ1) is 18.5. The van der Waals surface area contributed by atoms with Crippen molar-refractivity contribution < 1.29 is 9.32 Å². The maximum Gasteiger partial charge on any atom is 0.319 e. The number of urea groups is 1. The zero-order valence-electron chi connectivity index (χ0n) is 23.0. The van der Waals surface area contributed by atoms with E-state index in [0.717, 1.165) is 5.39 Å². The van der Waals surface area contributed by atoms with E-state index in [-0.39, 0.29) is 29.2 Å². The lowest BCUT2D eigenvalue weighted by atomic mass is 10.1. The molecule has 5 rings (SSSR count). The van der Waals surface area contributed by atoms with Gasteiger partial charge in [-0.05, 0) is 47.1 Å². The van der Waals surface area contributed by atoms with Crippen molar-refractivity contribution in [1.82, 2.24) is 34.8 Å². The number of hydrogen-bond acceptors (Lipinski definition) is 9. The smallest absolute Gasteiger partial charge is 0.319 e. The maximum absolute atomic E-state index is 13.5. The van der Waals surface area contributed by atoms with Gasteiger partial charge in [0.1, 0.15) is 23.3 Å². The summed E-state index contributed by atoms with van der Waals surface area (Å²) in [7, 11) is 1.74. The van der Waals surface area contributed by atoms with Gasteiger partial charge in [-0.3, -0.25) is 14.0 Å². The van der Waals surface area contributed by atoms with Crippen molar-refractivity contribution in [3.8, 4) is 11.3 Å². The number of nitrogens with one attached hydrogen (secondary N) is 3. The fourth-order valence-corrected chi connectivity index (χ4v) is 4.72. The van der Waals surface area contributed by atoms with Crippen LogP contribution in [0.3, 0.4) is 0 Å². The molecule has 13 heteroatoms. The summed E-state index contributed by atoms with van der Waals surface area (Å²) in [6.45, 7) is 11.1. The zero-order valence-corrected chi connectivity index (χ0v) is 23.0. The van der Waals surface area contributed by atoms with Crippen molar-refractivity contribution in [2.45, 2.75) is 58.7 Å². The van der Waals surface area contributed by atoms with Crippen LogP contribution in [-0.2, 0) is 5.54 Å². The van der Waals surface area contributed by atoms with Crippen LogP contribution in [0.25, 0.3) is 22.3 Å². The molecule has 1 atom stereocenters. The molecule has 1 fully saturated rings. The molecule has 206 valence electrons. The molecular formula is C26H34N10O3. The standard InChI is InChI=1S/C26H34N10O3/c1-15(2)36-22-16(10-28-24(27-6)32-22)9-20(23(36)37)34-8-7-18(12-34)30-25(38)31-19-13-35(26(3,4)5)33-21(19)17-11-29-39-14-17/h9-11,13-15,18H,7-8,12H2,1-6H3,(H,27,28,32)(H2,30,31,38). The number of aromatic nitrogens is 6. The first-order valence-electron chi connectivity index (χ1n) is 13.0. The fourth-order valence-electron chi connectivity index (χ4n) is 4.72. The second-order valence-electron chi connectivity index (χ2n) is 11.0. The van der Waals surface area contributed by atoms with E-state index in [2.05, 4.69) is 36.2 Å². The first kappa shape index (κ1) is 26.2. The minimum absolute atomic E-state index is 0.0875. The number of rotatable bonds is 6. The Morgan fingerprint density at radius 2 is 2.03 bits per heavy atom. The number of hydrogen-bond donors (Lipinski definition) is 3. The Hall–Kier alpha value is -4.42. The summed E-state index contributed by atoms with van der Waals surface area (Å²) in [6, 6.07) is 1.26. The predicted octanol–water partition coefficient (Wildman–Crippen LogP) is 3.42. The van der Waals surface area contributed by atoms with E-state index in [1.807, 2.05) is 45.6 Å². The molecule has 39 heavy (non-hydrogen) atoms. The Labute approximate surface area is 225 Å². The van der Waals surface area contributed by atoms with Gasteiger partial charge in [0.15, 0.2) is 0 Å². The van der Waals surface area contributed by atoms with E-state index in [1.165, 1.54) is 6.26 Å². The molecule has 1 aliphatic rings. The van der Waals surface area contributed by atoms with Gasteiger partial charge in [0.25, 0.3) is 5.56 Å². The van der Waals surface area contributed by atoms with E-state index in [4.69, 9.17) is 4.52 Å². The molecule has 0 aliphatic carbocycles. The summed E-state index contributed by atoms with van der Waals surface area (Å²) >= 11 is 0. The van der Waals surface area contributed by atoms with Crippen LogP contribution in [0, 0.1) is 0 Å². The van der Waals surface area contributed by atoms with Crippen molar-refractivity contribution in [3.63, 3.8) is 0 Å². The number of carbonyl (C=O) groups is 1. The number of fused-ring (bicyclic) bond motifs is 1. The van der Waals surface area contributed by atoms with E-state index in [1.54, 1.807) is 34.9 Å². The highest BCUT2D eigenvalue weighted by molar-refractivity contribution is 5.93. The summed E-state index contributed by atoms with van der Waals surface area (Å²) in [5, 5.41) is 18.1. The number of carbonyl (C=O) groups excluding carboxylic acids is 1. The van der Waals surface area contributed by atoms with Crippen LogP contribution in [0.2, 0.25) is 0 Å². The Bertz CT molecular complexity index is 1550. The van der Waals surface area contributed by atoms with Gasteiger partial charge in [-0.1, -0.05) is 5.16 Å². The third-order valence-corrected chi connectivity index (χ3v) is 6.71. The molecule has 0 bridgehead atoms. The molecule has 0 radical (unpaired) electrons. The zero-order chi connectivity index (χ0) is 27.9. The molecule has 4 aromatic rings. The van der Waals surface area contributed by atoms with Gasteiger partial charge < -0.3 is 25.4 Å². The SMILES string of the molecule is CNc1ncc2cc(N3CCC(NC(=O)Nc4cn(C(C)(C)C)nc4-c4cnoc4)C3)c(=O)n(C(C)C)c2n1. The van der Waals surface area contributed by atoms with E-state index < -0.39 is 0 Å². The first-order valence-corrected chi connectivity index (χ1v) is 13.0. The van der Waals surface area contributed by atoms with Gasteiger partial charge in [-0.15, -0.1) is 0 Å². The lowest BCUT2D eigenvalue weighted by molar-refractivity contribution is 0.249. The van der Waals surface area contributed by atoms with Crippen LogP contribution in [-0.4, -0.2) is 61.7 Å². The van der Waals surface area contributed by atoms with E-state index >= 15 is 0 Å². The summed E-state index contributed by atoms with van der Waals surface area (Å²) in [5.41, 5.74) is 2.56. The van der Waals surface area contributed by atoms with Crippen LogP contribution < -0.4 is 26.4 Å². The highest BCUT2D eigenvalue weighted by atomic mass is 16.5. The van der Waals surface area contributed by atoms with E-state index in [9.17, 15) is 9.59 Å². The number of nitrogens with zero attached hydrogens (tertiary/aromatic N) is 7. The van der Waals surface area contributed by atoms with Crippen LogP contribution in [0.4, 0.5) is 22.1 Å². The molecule has 0 spiro atoms. The summed E-state index contributed by atoms with van der Waals surface area (Å²) in [5.74, 6) is 0.459. The molecule has 1 aliphatic heterocycles. The predicted molar refractivity (Wildman–Crippen MR) is 149 cm³/mol. The number of pyridine rings is 1. The highest BCUT2D eigenvalue weighted by Gasteiger charge is 2.28. The Kier molecular flexibility index (Phi) is 6.74. The fraction of sp³-hybridized carbons (Fsp3) is 0.462. The summed E-state index contributed by atoms with van der Waals surface area (Å²) < 4.78 is 8.48. The molecule has 5 heterocycles. The summed E-state index contributed by atoms with van der Waals surface area (Å²) in [4.78, 5) is 37.4. The molecule has 2 amide bonds. The molecule has 1 unspecified atom stereocenters. The molecule has 4 aromatic heterocycles. The Morgan fingerprint density at radius 3 is 2.69 bits per heavy atom. The molecule has 0 aromatic carbocycles. The quantitative estimate of drug-likeness (QED) is 0.338. The average Bonchev–Trinajstić information content (AvgIpc) is 3.64. The molecule has 0 saturated carbocycles. The van der Waals surface area contributed by atoms with E-state index in [0.29, 0.717) is 53.7 Å². The van der Waals surface area contributed by atoms with Gasteiger partial charge >= 0.3 is 6.03 Å². The Morgan fingerprint density at radius 1 is 1.23 bits per heavy atom. The summed E-state index contributed by atoms with van der Waals surface area (Å²) in [6.07, 6.45) is 7.27. The third-order valence-electron chi connectivity index (χ3n) is 6.71. The van der Waals surface area contributed by atoms with Crippen molar-refractivity contribution in [1.29, 1.82) is 0 Å². The normalized spacial score (nSPS) is 15.8. The largest absolute Gasteiger partial charge is 0.365 e. The monoisotopic (exact) mass is 534 g/mol. The van der Waals surface area contributed by atoms with Crippen molar-refractivity contribution >= 4 is 34.4 Å². The van der Waals surface area contributed by atoms with Gasteiger partial charge in [-0.25, -0.2) is 9.78 Å².